The first-order chi connectivity index (χ1) is 9.99. The van der Waals surface area contributed by atoms with Crippen LogP contribution in [0.2, 0.25) is 0 Å². The lowest BCUT2D eigenvalue weighted by Crippen LogP contribution is -2.61. The lowest BCUT2D eigenvalue weighted by Gasteiger charge is -2.41. The number of aryl methyl sites for hydroxylation is 1. The van der Waals surface area contributed by atoms with Gasteiger partial charge >= 0.3 is 0 Å². The van der Waals surface area contributed by atoms with Crippen molar-refractivity contribution < 1.29 is 14.0 Å². The highest BCUT2D eigenvalue weighted by Gasteiger charge is 2.45. The largest absolute Gasteiger partial charge is 0.329 e. The minimum absolute atomic E-state index is 0.00570. The van der Waals surface area contributed by atoms with Gasteiger partial charge in [0.2, 0.25) is 11.8 Å². The minimum Gasteiger partial charge on any atom is -0.329 e. The van der Waals surface area contributed by atoms with Gasteiger partial charge in [-0.3, -0.25) is 9.59 Å². The van der Waals surface area contributed by atoms with Crippen molar-refractivity contribution in [3.63, 3.8) is 0 Å². The average Bonchev–Trinajstić information content (AvgIpc) is 2.94. The monoisotopic (exact) mass is 290 g/mol. The highest BCUT2D eigenvalue weighted by atomic mass is 19.1. The van der Waals surface area contributed by atoms with E-state index in [1.165, 1.54) is 12.1 Å². The third-order valence-electron chi connectivity index (χ3n) is 4.58. The van der Waals surface area contributed by atoms with Crippen molar-refractivity contribution in [2.24, 2.45) is 0 Å². The van der Waals surface area contributed by atoms with Crippen LogP contribution in [-0.4, -0.2) is 40.2 Å². The molecule has 2 fully saturated rings. The van der Waals surface area contributed by atoms with Crippen LogP contribution in [0.25, 0.3) is 0 Å². The van der Waals surface area contributed by atoms with Crippen LogP contribution in [0.5, 0.6) is 0 Å². The van der Waals surface area contributed by atoms with Crippen LogP contribution in [0.4, 0.5) is 4.39 Å². The van der Waals surface area contributed by atoms with Crippen molar-refractivity contribution in [2.75, 3.05) is 6.54 Å². The summed E-state index contributed by atoms with van der Waals surface area (Å²) in [6.07, 6.45) is 1.61. The molecule has 112 valence electrons. The van der Waals surface area contributed by atoms with Gasteiger partial charge in [-0.05, 0) is 49.9 Å². The molecule has 0 saturated carbocycles. The van der Waals surface area contributed by atoms with Gasteiger partial charge in [0.15, 0.2) is 0 Å². The summed E-state index contributed by atoms with van der Waals surface area (Å²) in [5, 5.41) is 0. The molecule has 0 aliphatic carbocycles. The molecule has 0 unspecified atom stereocenters. The molecule has 2 heterocycles. The molecule has 4 nitrogen and oxygen atoms in total. The first-order valence-corrected chi connectivity index (χ1v) is 7.35. The molecule has 2 aliphatic heterocycles. The number of nitrogens with zero attached hydrogens (tertiary/aromatic N) is 2. The third-order valence-corrected chi connectivity index (χ3v) is 4.58. The summed E-state index contributed by atoms with van der Waals surface area (Å²) in [7, 11) is 0. The van der Waals surface area contributed by atoms with E-state index in [0.29, 0.717) is 13.1 Å². The molecule has 2 saturated heterocycles. The van der Waals surface area contributed by atoms with E-state index in [1.807, 2.05) is 6.92 Å². The highest BCUT2D eigenvalue weighted by Crippen LogP contribution is 2.28. The second-order valence-corrected chi connectivity index (χ2v) is 5.90. The van der Waals surface area contributed by atoms with E-state index in [2.05, 4.69) is 0 Å². The van der Waals surface area contributed by atoms with E-state index >= 15 is 0 Å². The number of amides is 2. The zero-order chi connectivity index (χ0) is 15.1. The highest BCUT2D eigenvalue weighted by molar-refractivity contribution is 5.97. The molecule has 0 radical (unpaired) electrons. The topological polar surface area (TPSA) is 40.6 Å². The molecule has 0 N–H and O–H groups in total. The van der Waals surface area contributed by atoms with E-state index in [0.717, 1.165) is 24.0 Å². The van der Waals surface area contributed by atoms with Crippen molar-refractivity contribution >= 4 is 11.8 Å². The van der Waals surface area contributed by atoms with Crippen molar-refractivity contribution in [3.05, 3.63) is 35.1 Å². The van der Waals surface area contributed by atoms with Crippen LogP contribution in [0.1, 0.15) is 30.9 Å². The number of rotatable bonds is 2. The number of hydrogen-bond acceptors (Lipinski definition) is 2. The van der Waals surface area contributed by atoms with Gasteiger partial charge in [-0.1, -0.05) is 6.07 Å². The van der Waals surface area contributed by atoms with Gasteiger partial charge < -0.3 is 9.80 Å². The number of halogens is 1. The van der Waals surface area contributed by atoms with Crippen molar-refractivity contribution in [3.8, 4) is 0 Å². The zero-order valence-electron chi connectivity index (χ0n) is 12.3. The fourth-order valence-electron chi connectivity index (χ4n) is 3.25. The van der Waals surface area contributed by atoms with Crippen molar-refractivity contribution in [1.82, 2.24) is 9.80 Å². The number of benzene rings is 1. The molecule has 0 bridgehead atoms. The molecule has 1 aromatic carbocycles. The van der Waals surface area contributed by atoms with Crippen LogP contribution in [0.3, 0.4) is 0 Å². The van der Waals surface area contributed by atoms with Gasteiger partial charge in [0.05, 0.1) is 0 Å². The van der Waals surface area contributed by atoms with Crippen LogP contribution in [0, 0.1) is 12.7 Å². The molecule has 2 aliphatic rings. The van der Waals surface area contributed by atoms with Crippen molar-refractivity contribution in [1.29, 1.82) is 0 Å². The summed E-state index contributed by atoms with van der Waals surface area (Å²) >= 11 is 0. The summed E-state index contributed by atoms with van der Waals surface area (Å²) in [6, 6.07) is 3.76. The summed E-state index contributed by atoms with van der Waals surface area (Å²) in [4.78, 5) is 28.3. The van der Waals surface area contributed by atoms with Crippen LogP contribution < -0.4 is 0 Å². The maximum absolute atomic E-state index is 13.4. The Morgan fingerprint density at radius 3 is 2.81 bits per heavy atom. The van der Waals surface area contributed by atoms with E-state index in [4.69, 9.17) is 0 Å². The fourth-order valence-corrected chi connectivity index (χ4v) is 3.25. The summed E-state index contributed by atoms with van der Waals surface area (Å²) < 4.78 is 13.4. The van der Waals surface area contributed by atoms with Gasteiger partial charge in [-0.2, -0.15) is 0 Å². The zero-order valence-corrected chi connectivity index (χ0v) is 12.3. The maximum Gasteiger partial charge on any atom is 0.246 e. The number of piperazine rings is 1. The second kappa shape index (κ2) is 5.13. The standard InChI is InChI=1S/C16H19FN2O2/c1-10-5-6-13(17)8-12(10)9-19-11(2)15(20)18-7-3-4-14(18)16(19)21/h5-6,8,11,14H,3-4,7,9H2,1-2H3/t11-,14-/m0/s1. The number of fused-ring (bicyclic) bond motifs is 1. The molecule has 2 atom stereocenters. The molecule has 0 aromatic heterocycles. The van der Waals surface area contributed by atoms with Gasteiger partial charge in [0, 0.05) is 13.1 Å². The van der Waals surface area contributed by atoms with Crippen LogP contribution in [0.15, 0.2) is 18.2 Å². The Hall–Kier alpha value is -1.91. The number of carbonyl (C=O) groups excluding carboxylic acids is 2. The Morgan fingerprint density at radius 1 is 1.29 bits per heavy atom. The summed E-state index contributed by atoms with van der Waals surface area (Å²) in [5.74, 6) is -0.323. The lowest BCUT2D eigenvalue weighted by molar-refractivity contribution is -0.159. The van der Waals surface area contributed by atoms with E-state index in [1.54, 1.807) is 22.8 Å². The fraction of sp³-hybridized carbons (Fsp3) is 0.500. The quantitative estimate of drug-likeness (QED) is 0.834. The predicted molar refractivity (Wildman–Crippen MR) is 75.9 cm³/mol. The molecular weight excluding hydrogens is 271 g/mol. The van der Waals surface area contributed by atoms with Crippen LogP contribution >= 0.6 is 0 Å². The molecule has 3 rings (SSSR count). The minimum atomic E-state index is -0.477. The van der Waals surface area contributed by atoms with Gasteiger partial charge in [0.1, 0.15) is 17.9 Å². The van der Waals surface area contributed by atoms with Crippen molar-refractivity contribution in [2.45, 2.75) is 45.3 Å². The maximum atomic E-state index is 13.4. The molecule has 0 spiro atoms. The lowest BCUT2D eigenvalue weighted by atomic mass is 10.0. The van der Waals surface area contributed by atoms with Gasteiger partial charge in [-0.25, -0.2) is 4.39 Å². The Balaban J connectivity index is 1.88. The molecular formula is C16H19FN2O2. The third kappa shape index (κ3) is 2.30. The van der Waals surface area contributed by atoms with E-state index < -0.39 is 6.04 Å². The first-order valence-electron chi connectivity index (χ1n) is 7.35. The van der Waals surface area contributed by atoms with Gasteiger partial charge in [-0.15, -0.1) is 0 Å². The number of hydrogen-bond donors (Lipinski definition) is 0. The van der Waals surface area contributed by atoms with E-state index in [9.17, 15) is 14.0 Å². The second-order valence-electron chi connectivity index (χ2n) is 5.90. The average molecular weight is 290 g/mol. The molecule has 21 heavy (non-hydrogen) atoms. The van der Waals surface area contributed by atoms with E-state index in [-0.39, 0.29) is 23.7 Å². The molecule has 2 amide bonds. The van der Waals surface area contributed by atoms with Crippen LogP contribution in [-0.2, 0) is 16.1 Å². The Bertz CT molecular complexity index is 602. The number of carbonyl (C=O) groups is 2. The predicted octanol–water partition coefficient (Wildman–Crippen LogP) is 1.86. The summed E-state index contributed by atoms with van der Waals surface area (Å²) in [6.45, 7) is 4.60. The Morgan fingerprint density at radius 2 is 2.05 bits per heavy atom. The Kier molecular flexibility index (Phi) is 3.43. The first kappa shape index (κ1) is 14.0. The normalized spacial score (nSPS) is 25.5. The summed E-state index contributed by atoms with van der Waals surface area (Å²) in [5.41, 5.74) is 1.69. The Labute approximate surface area is 123 Å². The molecule has 1 aromatic rings. The SMILES string of the molecule is Cc1ccc(F)cc1CN1C(=O)[C@@H]2CCCN2C(=O)[C@@H]1C. The smallest absolute Gasteiger partial charge is 0.246 e. The molecule has 5 heteroatoms. The van der Waals surface area contributed by atoms with Gasteiger partial charge in [0.25, 0.3) is 0 Å².